The Hall–Kier alpha value is -1.85. The van der Waals surface area contributed by atoms with Crippen LogP contribution in [0, 0.1) is 11.6 Å². The van der Waals surface area contributed by atoms with Crippen LogP contribution in [0.3, 0.4) is 0 Å². The molecule has 0 saturated carbocycles. The minimum atomic E-state index is -0.595. The van der Waals surface area contributed by atoms with Gasteiger partial charge in [0.1, 0.15) is 11.6 Å². The van der Waals surface area contributed by atoms with Crippen LogP contribution < -0.4 is 5.73 Å². The van der Waals surface area contributed by atoms with Gasteiger partial charge in [0, 0.05) is 43.2 Å². The Labute approximate surface area is 123 Å². The highest BCUT2D eigenvalue weighted by Gasteiger charge is 2.15. The summed E-state index contributed by atoms with van der Waals surface area (Å²) in [6.45, 7) is 4.03. The highest BCUT2D eigenvalue weighted by atomic mass is 19.1. The number of likely N-dealkylation sites (N-methyl/N-ethyl adjacent to an activating group) is 1. The summed E-state index contributed by atoms with van der Waals surface area (Å²) in [4.78, 5) is 6.09. The van der Waals surface area contributed by atoms with E-state index in [0.717, 1.165) is 24.7 Å². The second-order valence-corrected chi connectivity index (χ2v) is 4.96. The molecule has 2 N–H and O–H groups in total. The molecule has 1 unspecified atom stereocenters. The summed E-state index contributed by atoms with van der Waals surface area (Å²) in [5.74, 6) is -1.19. The third kappa shape index (κ3) is 4.31. The fourth-order valence-electron chi connectivity index (χ4n) is 2.23. The summed E-state index contributed by atoms with van der Waals surface area (Å²) in [7, 11) is 0. The van der Waals surface area contributed by atoms with Crippen molar-refractivity contribution in [1.29, 1.82) is 0 Å². The molecule has 0 aliphatic carbocycles. The normalized spacial score (nSPS) is 12.6. The van der Waals surface area contributed by atoms with E-state index in [1.54, 1.807) is 12.4 Å². The van der Waals surface area contributed by atoms with Crippen LogP contribution in [0.25, 0.3) is 0 Å². The SMILES string of the molecule is CCN(Cc1ccncc1)CC(N)c1ccc(F)cc1F. The van der Waals surface area contributed by atoms with Gasteiger partial charge in [0.2, 0.25) is 0 Å². The lowest BCUT2D eigenvalue weighted by atomic mass is 10.1. The molecule has 5 heteroatoms. The molecule has 0 aliphatic rings. The van der Waals surface area contributed by atoms with Gasteiger partial charge in [0.15, 0.2) is 0 Å². The quantitative estimate of drug-likeness (QED) is 0.890. The van der Waals surface area contributed by atoms with Gasteiger partial charge in [-0.2, -0.15) is 0 Å². The minimum Gasteiger partial charge on any atom is -0.323 e. The van der Waals surface area contributed by atoms with Gasteiger partial charge in [-0.3, -0.25) is 9.88 Å². The van der Waals surface area contributed by atoms with Crippen molar-refractivity contribution in [3.63, 3.8) is 0 Å². The van der Waals surface area contributed by atoms with E-state index in [4.69, 9.17) is 5.73 Å². The number of rotatable bonds is 6. The average Bonchev–Trinajstić information content (AvgIpc) is 2.47. The first-order valence-corrected chi connectivity index (χ1v) is 6.92. The molecule has 0 saturated heterocycles. The molecule has 3 nitrogen and oxygen atoms in total. The Kier molecular flexibility index (Phi) is 5.36. The van der Waals surface area contributed by atoms with Crippen LogP contribution in [-0.2, 0) is 6.54 Å². The van der Waals surface area contributed by atoms with E-state index in [-0.39, 0.29) is 0 Å². The molecule has 0 spiro atoms. The molecule has 1 aromatic carbocycles. The van der Waals surface area contributed by atoms with Crippen LogP contribution >= 0.6 is 0 Å². The second-order valence-electron chi connectivity index (χ2n) is 4.96. The van der Waals surface area contributed by atoms with E-state index in [1.165, 1.54) is 12.1 Å². The zero-order chi connectivity index (χ0) is 15.2. The molecule has 1 heterocycles. The molecule has 21 heavy (non-hydrogen) atoms. The first-order chi connectivity index (χ1) is 10.1. The molecule has 112 valence electrons. The van der Waals surface area contributed by atoms with Crippen LogP contribution in [0.4, 0.5) is 8.78 Å². The number of nitrogens with zero attached hydrogens (tertiary/aromatic N) is 2. The van der Waals surface area contributed by atoms with Crippen molar-refractivity contribution in [3.8, 4) is 0 Å². The molecular weight excluding hydrogens is 272 g/mol. The van der Waals surface area contributed by atoms with Gasteiger partial charge in [-0.1, -0.05) is 13.0 Å². The van der Waals surface area contributed by atoms with E-state index in [2.05, 4.69) is 9.88 Å². The van der Waals surface area contributed by atoms with E-state index in [0.29, 0.717) is 12.1 Å². The van der Waals surface area contributed by atoms with E-state index in [9.17, 15) is 8.78 Å². The predicted molar refractivity (Wildman–Crippen MR) is 78.5 cm³/mol. The van der Waals surface area contributed by atoms with Crippen molar-refractivity contribution >= 4 is 0 Å². The summed E-state index contributed by atoms with van der Waals surface area (Å²) in [6, 6.07) is 6.90. The topological polar surface area (TPSA) is 42.2 Å². The maximum Gasteiger partial charge on any atom is 0.130 e. The maximum absolute atomic E-state index is 13.7. The molecular formula is C16H19F2N3. The van der Waals surface area contributed by atoms with Gasteiger partial charge >= 0.3 is 0 Å². The van der Waals surface area contributed by atoms with Crippen LogP contribution in [-0.4, -0.2) is 23.0 Å². The van der Waals surface area contributed by atoms with Crippen molar-refractivity contribution in [2.75, 3.05) is 13.1 Å². The lowest BCUT2D eigenvalue weighted by Gasteiger charge is -2.24. The summed E-state index contributed by atoms with van der Waals surface area (Å²) >= 11 is 0. The minimum absolute atomic E-state index is 0.338. The fourth-order valence-corrected chi connectivity index (χ4v) is 2.23. The smallest absolute Gasteiger partial charge is 0.130 e. The summed E-state index contributed by atoms with van der Waals surface area (Å²) in [6.07, 6.45) is 3.48. The van der Waals surface area contributed by atoms with Gasteiger partial charge < -0.3 is 5.73 Å². The summed E-state index contributed by atoms with van der Waals surface area (Å²) in [5.41, 5.74) is 7.52. The Morgan fingerprint density at radius 1 is 1.19 bits per heavy atom. The zero-order valence-electron chi connectivity index (χ0n) is 12.0. The molecule has 1 aromatic heterocycles. The molecule has 2 aromatic rings. The number of benzene rings is 1. The lowest BCUT2D eigenvalue weighted by Crippen LogP contribution is -2.32. The van der Waals surface area contributed by atoms with Crippen molar-refractivity contribution in [1.82, 2.24) is 9.88 Å². The van der Waals surface area contributed by atoms with Crippen LogP contribution in [0.2, 0.25) is 0 Å². The van der Waals surface area contributed by atoms with Gasteiger partial charge in [0.25, 0.3) is 0 Å². The Balaban J connectivity index is 2.04. The molecule has 0 aliphatic heterocycles. The highest BCUT2D eigenvalue weighted by molar-refractivity contribution is 5.22. The molecule has 2 rings (SSSR count). The van der Waals surface area contributed by atoms with Crippen molar-refractivity contribution in [2.24, 2.45) is 5.73 Å². The monoisotopic (exact) mass is 291 g/mol. The van der Waals surface area contributed by atoms with Crippen molar-refractivity contribution in [3.05, 3.63) is 65.5 Å². The van der Waals surface area contributed by atoms with Crippen LogP contribution in [0.1, 0.15) is 24.1 Å². The maximum atomic E-state index is 13.7. The average molecular weight is 291 g/mol. The van der Waals surface area contributed by atoms with Gasteiger partial charge in [-0.15, -0.1) is 0 Å². The van der Waals surface area contributed by atoms with Crippen molar-refractivity contribution in [2.45, 2.75) is 19.5 Å². The van der Waals surface area contributed by atoms with E-state index >= 15 is 0 Å². The van der Waals surface area contributed by atoms with Crippen LogP contribution in [0.5, 0.6) is 0 Å². The molecule has 0 fully saturated rings. The summed E-state index contributed by atoms with van der Waals surface area (Å²) < 4.78 is 26.7. The van der Waals surface area contributed by atoms with E-state index < -0.39 is 17.7 Å². The number of aromatic nitrogens is 1. The molecule has 0 amide bonds. The predicted octanol–water partition coefficient (Wildman–Crippen LogP) is 2.88. The molecule has 0 bridgehead atoms. The second kappa shape index (κ2) is 7.24. The largest absolute Gasteiger partial charge is 0.323 e. The number of pyridine rings is 1. The molecule has 1 atom stereocenters. The lowest BCUT2D eigenvalue weighted by molar-refractivity contribution is 0.260. The number of hydrogen-bond donors (Lipinski definition) is 1. The van der Waals surface area contributed by atoms with Gasteiger partial charge in [-0.05, 0) is 30.3 Å². The summed E-state index contributed by atoms with van der Waals surface area (Å²) in [5, 5.41) is 0. The first-order valence-electron chi connectivity index (χ1n) is 6.92. The third-order valence-corrected chi connectivity index (χ3v) is 3.42. The van der Waals surface area contributed by atoms with Gasteiger partial charge in [0.05, 0.1) is 0 Å². The Morgan fingerprint density at radius 2 is 1.90 bits per heavy atom. The Bertz CT molecular complexity index is 575. The highest BCUT2D eigenvalue weighted by Crippen LogP contribution is 2.18. The zero-order valence-corrected chi connectivity index (χ0v) is 12.0. The van der Waals surface area contributed by atoms with Gasteiger partial charge in [-0.25, -0.2) is 8.78 Å². The van der Waals surface area contributed by atoms with Crippen molar-refractivity contribution < 1.29 is 8.78 Å². The molecule has 0 radical (unpaired) electrons. The number of halogens is 2. The fraction of sp³-hybridized carbons (Fsp3) is 0.312. The van der Waals surface area contributed by atoms with Crippen LogP contribution in [0.15, 0.2) is 42.7 Å². The third-order valence-electron chi connectivity index (χ3n) is 3.42. The standard InChI is InChI=1S/C16H19F2N3/c1-2-21(10-12-5-7-20-8-6-12)11-16(19)14-4-3-13(17)9-15(14)18/h3-9,16H,2,10-11,19H2,1H3. The number of hydrogen-bond acceptors (Lipinski definition) is 3. The first kappa shape index (κ1) is 15.5. The Morgan fingerprint density at radius 3 is 2.52 bits per heavy atom. The number of nitrogens with two attached hydrogens (primary N) is 1. The van der Waals surface area contributed by atoms with E-state index in [1.807, 2.05) is 19.1 Å².